The number of carbonyl (C=O) groups is 4. The summed E-state index contributed by atoms with van der Waals surface area (Å²) in [5.41, 5.74) is 5.10. The van der Waals surface area contributed by atoms with Gasteiger partial charge in [0, 0.05) is 14.2 Å². The van der Waals surface area contributed by atoms with Crippen LogP contribution in [0, 0.1) is 27.7 Å². The smallest absolute Gasteiger partial charge is 0.467 e. The number of methoxy groups -OCH3 is 3. The quantitative estimate of drug-likeness (QED) is 0.350. The maximum absolute atomic E-state index is 13.0. The van der Waals surface area contributed by atoms with Crippen LogP contribution in [0.15, 0.2) is 42.2 Å². The molecule has 1 heterocycles. The third kappa shape index (κ3) is 8.58. The van der Waals surface area contributed by atoms with Gasteiger partial charge in [0.05, 0.1) is 36.6 Å². The number of nitrogens with one attached hydrogen (secondary N) is 1. The molecule has 1 unspecified atom stereocenters. The van der Waals surface area contributed by atoms with Crippen molar-refractivity contribution >= 4 is 35.2 Å². The Kier molecular flexibility index (Phi) is 13.1. The predicted molar refractivity (Wildman–Crippen MR) is 178 cm³/mol. The Morgan fingerprint density at radius 2 is 1.62 bits per heavy atom. The molecule has 2 aliphatic rings. The number of esters is 1. The van der Waals surface area contributed by atoms with E-state index in [9.17, 15) is 19.2 Å². The first kappa shape index (κ1) is 37.2. The molecule has 1 aliphatic heterocycles. The van der Waals surface area contributed by atoms with Crippen LogP contribution in [0.5, 0.6) is 0 Å². The number of nitrogens with zero attached hydrogens (tertiary/aromatic N) is 1. The minimum absolute atomic E-state index is 0.0882. The summed E-state index contributed by atoms with van der Waals surface area (Å²) >= 11 is 0. The maximum atomic E-state index is 13.0. The van der Waals surface area contributed by atoms with Gasteiger partial charge >= 0.3 is 12.1 Å². The first-order valence-electron chi connectivity index (χ1n) is 15.8. The fraction of sp³-hybridized carbons (Fsp3) is 0.500. The number of rotatable bonds is 9. The predicted octanol–water partition coefficient (Wildman–Crippen LogP) is 5.49. The van der Waals surface area contributed by atoms with E-state index in [4.69, 9.17) is 23.7 Å². The largest absolute Gasteiger partial charge is 0.513 e. The number of ether oxygens (including phenoxy) is 5. The van der Waals surface area contributed by atoms with Gasteiger partial charge in [0.25, 0.3) is 11.8 Å². The van der Waals surface area contributed by atoms with Crippen LogP contribution in [0.25, 0.3) is 5.57 Å². The summed E-state index contributed by atoms with van der Waals surface area (Å²) in [6, 6.07) is 10.9. The Hall–Kier alpha value is -4.22. The van der Waals surface area contributed by atoms with Crippen LogP contribution < -0.4 is 10.2 Å². The molecule has 2 aromatic rings. The van der Waals surface area contributed by atoms with Crippen molar-refractivity contribution in [3.05, 3.63) is 70.0 Å². The van der Waals surface area contributed by atoms with Gasteiger partial charge in [-0.2, -0.15) is 0 Å². The lowest BCUT2D eigenvalue weighted by molar-refractivity contribution is -0.143. The minimum Gasteiger partial charge on any atom is -0.467 e. The van der Waals surface area contributed by atoms with E-state index in [1.807, 2.05) is 64.1 Å². The number of carbonyl (C=O) groups excluding carboxylic acids is 4. The molecule has 11 heteroatoms. The van der Waals surface area contributed by atoms with Gasteiger partial charge in [0.2, 0.25) is 0 Å². The summed E-state index contributed by atoms with van der Waals surface area (Å²) in [4.78, 5) is 50.7. The molecule has 0 radical (unpaired) electrons. The van der Waals surface area contributed by atoms with E-state index in [0.717, 1.165) is 46.3 Å². The molecule has 1 aliphatic carbocycles. The number of amides is 2. The van der Waals surface area contributed by atoms with E-state index in [1.165, 1.54) is 19.1 Å². The van der Waals surface area contributed by atoms with E-state index in [0.29, 0.717) is 24.2 Å². The van der Waals surface area contributed by atoms with E-state index in [1.54, 1.807) is 21.0 Å². The van der Waals surface area contributed by atoms with Crippen LogP contribution in [0.3, 0.4) is 0 Å². The molecule has 1 N–H and O–H groups in total. The molecule has 1 saturated carbocycles. The molecule has 1 spiro atoms. The van der Waals surface area contributed by atoms with E-state index >= 15 is 0 Å². The van der Waals surface area contributed by atoms with Crippen molar-refractivity contribution in [1.82, 2.24) is 5.32 Å². The van der Waals surface area contributed by atoms with Gasteiger partial charge in [-0.15, -0.1) is 0 Å². The average molecular weight is 653 g/mol. The molecule has 0 aromatic heterocycles. The van der Waals surface area contributed by atoms with E-state index in [-0.39, 0.29) is 31.1 Å². The minimum atomic E-state index is -0.778. The normalized spacial score (nSPS) is 19.3. The molecule has 0 saturated heterocycles. The van der Waals surface area contributed by atoms with Gasteiger partial charge in [0.1, 0.15) is 18.4 Å². The Labute approximate surface area is 277 Å². The first-order chi connectivity index (χ1) is 22.3. The van der Waals surface area contributed by atoms with Crippen LogP contribution in [0.1, 0.15) is 67.3 Å². The average Bonchev–Trinajstić information content (AvgIpc) is 3.29. The second-order valence-electron chi connectivity index (χ2n) is 11.9. The summed E-state index contributed by atoms with van der Waals surface area (Å²) in [5, 5.41) is 3.11. The second-order valence-corrected chi connectivity index (χ2v) is 11.9. The molecule has 1 fully saturated rings. The topological polar surface area (TPSA) is 130 Å². The van der Waals surface area contributed by atoms with Crippen LogP contribution in [0.2, 0.25) is 0 Å². The van der Waals surface area contributed by atoms with Crippen LogP contribution in [-0.4, -0.2) is 76.2 Å². The second kappa shape index (κ2) is 16.6. The third-order valence-corrected chi connectivity index (χ3v) is 8.62. The lowest BCUT2D eigenvalue weighted by Gasteiger charge is -2.37. The molecule has 2 aromatic carbocycles. The van der Waals surface area contributed by atoms with Gasteiger partial charge < -0.3 is 29.0 Å². The first-order valence-corrected chi connectivity index (χ1v) is 15.8. The SMILES string of the molecule is CCOC(=O)OC1=C(c2cc(C)ccc2C)C(=O)NC12CCC(OC)CC2.COCC(=O)N(c1c(C)cccc1C)C(C)C(=O)OC. The van der Waals surface area contributed by atoms with Crippen molar-refractivity contribution in [1.29, 1.82) is 0 Å². The van der Waals surface area contributed by atoms with Gasteiger partial charge in [-0.1, -0.05) is 42.0 Å². The number of para-hydroxylation sites is 1. The van der Waals surface area contributed by atoms with E-state index in [2.05, 4.69) is 5.32 Å². The van der Waals surface area contributed by atoms with Gasteiger partial charge in [-0.05, 0) is 89.5 Å². The zero-order valence-corrected chi connectivity index (χ0v) is 29.0. The molecular weight excluding hydrogens is 604 g/mol. The Bertz CT molecular complexity index is 1470. The highest BCUT2D eigenvalue weighted by Crippen LogP contribution is 2.44. The molecule has 256 valence electrons. The maximum Gasteiger partial charge on any atom is 0.513 e. The lowest BCUT2D eigenvalue weighted by Crippen LogP contribution is -2.49. The molecule has 0 bridgehead atoms. The summed E-state index contributed by atoms with van der Waals surface area (Å²) in [6.07, 6.45) is 2.25. The number of hydrogen-bond acceptors (Lipinski definition) is 9. The van der Waals surface area contributed by atoms with Gasteiger partial charge in [0.15, 0.2) is 0 Å². The Balaban J connectivity index is 0.000000268. The number of benzene rings is 2. The zero-order chi connectivity index (χ0) is 34.9. The summed E-state index contributed by atoms with van der Waals surface area (Å²) < 4.78 is 25.8. The summed E-state index contributed by atoms with van der Waals surface area (Å²) in [6.45, 7) is 11.2. The third-order valence-electron chi connectivity index (χ3n) is 8.62. The van der Waals surface area contributed by atoms with Crippen molar-refractivity contribution in [2.45, 2.75) is 84.9 Å². The van der Waals surface area contributed by atoms with Crippen molar-refractivity contribution in [3.63, 3.8) is 0 Å². The van der Waals surface area contributed by atoms with Crippen LogP contribution >= 0.6 is 0 Å². The molecule has 2 amide bonds. The van der Waals surface area contributed by atoms with Crippen LogP contribution in [-0.2, 0) is 38.1 Å². The summed E-state index contributed by atoms with van der Waals surface area (Å²) in [5.74, 6) is -0.562. The standard InChI is InChI=1S/C21H27NO5.C15H21NO4/c1-5-26-20(24)27-18-17(16-12-13(2)6-7-14(16)3)19(23)22-21(18)10-8-15(25-4)9-11-21;1-10-7-6-8-11(2)14(10)16(13(17)9-19-4)12(3)15(18)20-5/h6-7,12,15H,5,8-11H2,1-4H3,(H,22,23);6-8,12H,9H2,1-5H3. The van der Waals surface area contributed by atoms with Gasteiger partial charge in [-0.25, -0.2) is 9.59 Å². The van der Waals surface area contributed by atoms with Crippen molar-refractivity contribution in [3.8, 4) is 0 Å². The number of aryl methyl sites for hydroxylation is 4. The molecule has 4 rings (SSSR count). The van der Waals surface area contributed by atoms with Crippen molar-refractivity contribution < 1.29 is 42.9 Å². The number of anilines is 1. The number of hydrogen-bond donors (Lipinski definition) is 1. The fourth-order valence-electron chi connectivity index (χ4n) is 6.17. The van der Waals surface area contributed by atoms with E-state index < -0.39 is 23.7 Å². The lowest BCUT2D eigenvalue weighted by atomic mass is 9.79. The highest BCUT2D eigenvalue weighted by atomic mass is 16.7. The van der Waals surface area contributed by atoms with Crippen molar-refractivity contribution in [2.24, 2.45) is 0 Å². The Morgan fingerprint density at radius 1 is 0.979 bits per heavy atom. The fourth-order valence-corrected chi connectivity index (χ4v) is 6.17. The summed E-state index contributed by atoms with van der Waals surface area (Å²) in [7, 11) is 4.45. The monoisotopic (exact) mass is 652 g/mol. The molecular formula is C36H48N2O9. The molecule has 47 heavy (non-hydrogen) atoms. The van der Waals surface area contributed by atoms with Crippen molar-refractivity contribution in [2.75, 3.05) is 39.4 Å². The highest BCUT2D eigenvalue weighted by molar-refractivity contribution is 6.24. The zero-order valence-electron chi connectivity index (χ0n) is 29.0. The molecule has 11 nitrogen and oxygen atoms in total. The molecule has 1 atom stereocenters. The van der Waals surface area contributed by atoms with Gasteiger partial charge in [-0.3, -0.25) is 14.5 Å². The Morgan fingerprint density at radius 3 is 2.17 bits per heavy atom. The van der Waals surface area contributed by atoms with Crippen LogP contribution in [0.4, 0.5) is 10.5 Å². The highest BCUT2D eigenvalue weighted by Gasteiger charge is 2.50.